The summed E-state index contributed by atoms with van der Waals surface area (Å²) in [5.41, 5.74) is 0.579. The van der Waals surface area contributed by atoms with Gasteiger partial charge in [-0.15, -0.1) is 0 Å². The van der Waals surface area contributed by atoms with Gasteiger partial charge < -0.3 is 0 Å². The second-order valence-electron chi connectivity index (χ2n) is 4.47. The molecule has 0 amide bonds. The van der Waals surface area contributed by atoms with Crippen LogP contribution < -0.4 is 9.44 Å². The first-order chi connectivity index (χ1) is 10.8. The number of nitriles is 1. The number of benzene rings is 2. The maximum absolute atomic E-state index is 12.2. The first-order valence-electron chi connectivity index (χ1n) is 6.35. The lowest BCUT2D eigenvalue weighted by Crippen LogP contribution is -2.18. The van der Waals surface area contributed by atoms with Gasteiger partial charge >= 0.3 is 0 Å². The molecule has 0 saturated heterocycles. The second kappa shape index (κ2) is 6.37. The molecule has 2 N–H and O–H groups in total. The van der Waals surface area contributed by atoms with Gasteiger partial charge in [-0.25, -0.2) is 21.6 Å². The van der Waals surface area contributed by atoms with Gasteiger partial charge in [0.15, 0.2) is 0 Å². The minimum absolute atomic E-state index is 0.00317. The number of anilines is 1. The molecule has 0 spiro atoms. The Morgan fingerprint density at radius 3 is 1.78 bits per heavy atom. The van der Waals surface area contributed by atoms with Gasteiger partial charge in [0.2, 0.25) is 10.0 Å². The second-order valence-corrected chi connectivity index (χ2v) is 8.04. The van der Waals surface area contributed by atoms with E-state index in [0.29, 0.717) is 5.56 Å². The van der Waals surface area contributed by atoms with E-state index in [2.05, 4.69) is 9.44 Å². The maximum Gasteiger partial charge on any atom is 0.261 e. The summed E-state index contributed by atoms with van der Waals surface area (Å²) in [4.78, 5) is 0.0322. The van der Waals surface area contributed by atoms with Crippen LogP contribution in [0.5, 0.6) is 0 Å². The lowest BCUT2D eigenvalue weighted by Gasteiger charge is -2.09. The van der Waals surface area contributed by atoms with Crippen LogP contribution >= 0.6 is 0 Å². The molecule has 23 heavy (non-hydrogen) atoms. The number of rotatable bonds is 5. The molecule has 0 heterocycles. The predicted octanol–water partition coefficient (Wildman–Crippen LogP) is 1.27. The van der Waals surface area contributed by atoms with E-state index in [0.717, 1.165) is 0 Å². The first kappa shape index (κ1) is 17.0. The maximum atomic E-state index is 12.2. The zero-order chi connectivity index (χ0) is 17.1. The Morgan fingerprint density at radius 1 is 0.826 bits per heavy atom. The molecule has 2 rings (SSSR count). The zero-order valence-electron chi connectivity index (χ0n) is 12.0. The summed E-state index contributed by atoms with van der Waals surface area (Å²) in [6.07, 6.45) is 0. The molecule has 0 fully saturated rings. The third-order valence-electron chi connectivity index (χ3n) is 2.98. The van der Waals surface area contributed by atoms with Crippen molar-refractivity contribution in [3.8, 4) is 6.07 Å². The first-order valence-corrected chi connectivity index (χ1v) is 9.32. The Labute approximate surface area is 134 Å². The van der Waals surface area contributed by atoms with Gasteiger partial charge in [-0.1, -0.05) is 0 Å². The van der Waals surface area contributed by atoms with E-state index in [1.165, 1.54) is 55.6 Å². The lowest BCUT2D eigenvalue weighted by molar-refractivity contribution is 0.588. The van der Waals surface area contributed by atoms with Crippen molar-refractivity contribution >= 4 is 25.7 Å². The summed E-state index contributed by atoms with van der Waals surface area (Å²) in [5, 5.41) is 8.71. The molecular weight excluding hydrogens is 338 g/mol. The lowest BCUT2D eigenvalue weighted by atomic mass is 10.2. The molecule has 9 heteroatoms. The average molecular weight is 351 g/mol. The van der Waals surface area contributed by atoms with Crippen LogP contribution in [-0.2, 0) is 20.0 Å². The fourth-order valence-electron chi connectivity index (χ4n) is 1.74. The fraction of sp³-hybridized carbons (Fsp3) is 0.0714. The summed E-state index contributed by atoms with van der Waals surface area (Å²) in [7, 11) is -6.10. The quantitative estimate of drug-likeness (QED) is 0.841. The summed E-state index contributed by atoms with van der Waals surface area (Å²) in [5.74, 6) is 0. The Bertz CT molecular complexity index is 943. The Balaban J connectivity index is 2.25. The fourth-order valence-corrected chi connectivity index (χ4v) is 3.53. The monoisotopic (exact) mass is 351 g/mol. The third kappa shape index (κ3) is 3.87. The minimum Gasteiger partial charge on any atom is -0.280 e. The SMILES string of the molecule is CNS(=O)(=O)c1ccc(NS(=O)(=O)c2ccc(C#N)cc2)cc1. The molecule has 0 radical (unpaired) electrons. The molecule has 0 aliphatic heterocycles. The predicted molar refractivity (Wildman–Crippen MR) is 84.7 cm³/mol. The molecule has 0 aromatic heterocycles. The normalized spacial score (nSPS) is 11.7. The van der Waals surface area contributed by atoms with E-state index in [9.17, 15) is 16.8 Å². The molecule has 7 nitrogen and oxygen atoms in total. The topological polar surface area (TPSA) is 116 Å². The van der Waals surface area contributed by atoms with Crippen molar-refractivity contribution in [2.24, 2.45) is 0 Å². The van der Waals surface area contributed by atoms with Crippen molar-refractivity contribution in [2.45, 2.75) is 9.79 Å². The highest BCUT2D eigenvalue weighted by Gasteiger charge is 2.15. The minimum atomic E-state index is -3.82. The third-order valence-corrected chi connectivity index (χ3v) is 5.81. The highest BCUT2D eigenvalue weighted by Crippen LogP contribution is 2.18. The van der Waals surface area contributed by atoms with Crippen LogP contribution in [0, 0.1) is 11.3 Å². The van der Waals surface area contributed by atoms with Crippen molar-refractivity contribution in [1.29, 1.82) is 5.26 Å². The van der Waals surface area contributed by atoms with Gasteiger partial charge in [-0.2, -0.15) is 5.26 Å². The number of nitrogens with zero attached hydrogens (tertiary/aromatic N) is 1. The van der Waals surface area contributed by atoms with E-state index in [1.54, 1.807) is 0 Å². The number of sulfonamides is 2. The van der Waals surface area contributed by atoms with Crippen LogP contribution in [0.2, 0.25) is 0 Å². The smallest absolute Gasteiger partial charge is 0.261 e. The van der Waals surface area contributed by atoms with Crippen molar-refractivity contribution in [3.63, 3.8) is 0 Å². The van der Waals surface area contributed by atoms with Gasteiger partial charge in [0, 0.05) is 5.69 Å². The number of hydrogen-bond acceptors (Lipinski definition) is 5. The summed E-state index contributed by atoms with van der Waals surface area (Å²) in [6, 6.07) is 12.6. The molecule has 2 aromatic carbocycles. The van der Waals surface area contributed by atoms with Crippen LogP contribution in [-0.4, -0.2) is 23.9 Å². The number of hydrogen-bond donors (Lipinski definition) is 2. The molecule has 0 unspecified atom stereocenters. The van der Waals surface area contributed by atoms with Crippen LogP contribution in [0.25, 0.3) is 0 Å². The van der Waals surface area contributed by atoms with Gasteiger partial charge in [0.1, 0.15) is 0 Å². The van der Waals surface area contributed by atoms with E-state index < -0.39 is 20.0 Å². The van der Waals surface area contributed by atoms with Crippen LogP contribution in [0.3, 0.4) is 0 Å². The Hall–Kier alpha value is -2.41. The highest BCUT2D eigenvalue weighted by molar-refractivity contribution is 7.92. The van der Waals surface area contributed by atoms with Gasteiger partial charge in [0.25, 0.3) is 10.0 Å². The summed E-state index contributed by atoms with van der Waals surface area (Å²) >= 11 is 0. The van der Waals surface area contributed by atoms with Crippen molar-refractivity contribution in [3.05, 3.63) is 54.1 Å². The van der Waals surface area contributed by atoms with Crippen molar-refractivity contribution < 1.29 is 16.8 Å². The van der Waals surface area contributed by atoms with E-state index in [4.69, 9.17) is 5.26 Å². The van der Waals surface area contributed by atoms with Crippen LogP contribution in [0.4, 0.5) is 5.69 Å². The Morgan fingerprint density at radius 2 is 1.30 bits per heavy atom. The molecule has 0 bridgehead atoms. The van der Waals surface area contributed by atoms with E-state index in [1.807, 2.05) is 6.07 Å². The summed E-state index contributed by atoms with van der Waals surface area (Å²) < 4.78 is 52.1. The average Bonchev–Trinajstić information content (AvgIpc) is 2.55. The van der Waals surface area contributed by atoms with Gasteiger partial charge in [0.05, 0.1) is 21.4 Å². The number of nitrogens with one attached hydrogen (secondary N) is 2. The van der Waals surface area contributed by atoms with Crippen LogP contribution in [0.1, 0.15) is 5.56 Å². The molecule has 0 saturated carbocycles. The van der Waals surface area contributed by atoms with Gasteiger partial charge in [-0.3, -0.25) is 4.72 Å². The van der Waals surface area contributed by atoms with Gasteiger partial charge in [-0.05, 0) is 55.6 Å². The Kier molecular flexibility index (Phi) is 4.70. The summed E-state index contributed by atoms with van der Waals surface area (Å²) in [6.45, 7) is 0. The van der Waals surface area contributed by atoms with E-state index >= 15 is 0 Å². The zero-order valence-corrected chi connectivity index (χ0v) is 13.6. The molecule has 0 aliphatic rings. The largest absolute Gasteiger partial charge is 0.280 e. The van der Waals surface area contributed by atoms with E-state index in [-0.39, 0.29) is 15.5 Å². The van der Waals surface area contributed by atoms with Crippen molar-refractivity contribution in [1.82, 2.24) is 4.72 Å². The molecule has 2 aromatic rings. The molecule has 0 atom stereocenters. The van der Waals surface area contributed by atoms with Crippen LogP contribution in [0.15, 0.2) is 58.3 Å². The molecule has 0 aliphatic carbocycles. The highest BCUT2D eigenvalue weighted by atomic mass is 32.2. The standard InChI is InChI=1S/C14H13N3O4S2/c1-16-22(18,19)13-8-4-12(5-9-13)17-23(20,21)14-6-2-11(10-15)3-7-14/h2-9,16-17H,1H3. The molecule has 120 valence electrons. The molecular formula is C14H13N3O4S2. The van der Waals surface area contributed by atoms with Crippen molar-refractivity contribution in [2.75, 3.05) is 11.8 Å².